The SMILES string of the molecule is O=NSCCCCCCCCOc1ccc(CC2Nc3c(Cc4ccccc4)nc(C4=CCCC=C4)c[n+]3C2=O)cc1Cl. The van der Waals surface area contributed by atoms with Gasteiger partial charge in [-0.15, -0.1) is 4.91 Å². The topological polar surface area (TPSA) is 84.5 Å². The molecule has 1 atom stereocenters. The van der Waals surface area contributed by atoms with Crippen molar-refractivity contribution in [2.45, 2.75) is 70.3 Å². The lowest BCUT2D eigenvalue weighted by molar-refractivity contribution is -0.553. The van der Waals surface area contributed by atoms with Gasteiger partial charge in [-0.05, 0) is 54.5 Å². The first-order valence-corrected chi connectivity index (χ1v) is 16.5. The minimum atomic E-state index is -0.418. The number of rotatable bonds is 16. The number of benzene rings is 2. The van der Waals surface area contributed by atoms with Crippen LogP contribution in [-0.2, 0) is 12.8 Å². The van der Waals surface area contributed by atoms with E-state index in [1.165, 1.54) is 0 Å². The van der Waals surface area contributed by atoms with E-state index in [9.17, 15) is 9.70 Å². The summed E-state index contributed by atoms with van der Waals surface area (Å²) < 4.78 is 10.5. The maximum Gasteiger partial charge on any atom is 0.359 e. The largest absolute Gasteiger partial charge is 0.492 e. The van der Waals surface area contributed by atoms with Gasteiger partial charge in [-0.1, -0.05) is 91.9 Å². The van der Waals surface area contributed by atoms with E-state index in [-0.39, 0.29) is 5.91 Å². The van der Waals surface area contributed by atoms with Gasteiger partial charge in [0.25, 0.3) is 0 Å². The molecular weight excluding hydrogens is 580 g/mol. The molecule has 7 nitrogen and oxygen atoms in total. The number of fused-ring (bicyclic) bond motifs is 1. The van der Waals surface area contributed by atoms with Crippen LogP contribution in [0, 0.1) is 4.91 Å². The second-order valence-electron chi connectivity index (χ2n) is 11.0. The van der Waals surface area contributed by atoms with Gasteiger partial charge in [0.05, 0.1) is 11.6 Å². The van der Waals surface area contributed by atoms with Crippen molar-refractivity contribution in [2.24, 2.45) is 4.58 Å². The Hall–Kier alpha value is -3.49. The predicted octanol–water partition coefficient (Wildman–Crippen LogP) is 8.16. The summed E-state index contributed by atoms with van der Waals surface area (Å²) in [4.78, 5) is 28.8. The third-order valence-corrected chi connectivity index (χ3v) is 8.62. The summed E-state index contributed by atoms with van der Waals surface area (Å²) in [5.74, 6) is 2.23. The Bertz CT molecular complexity index is 1480. The predicted molar refractivity (Wildman–Crippen MR) is 175 cm³/mol. The van der Waals surface area contributed by atoms with E-state index < -0.39 is 6.04 Å². The van der Waals surface area contributed by atoms with Gasteiger partial charge < -0.3 is 4.74 Å². The van der Waals surface area contributed by atoms with Crippen LogP contribution in [0.15, 0.2) is 77.5 Å². The fraction of sp³-hybridized carbons (Fsp3) is 0.382. The average Bonchev–Trinajstić information content (AvgIpc) is 3.34. The Morgan fingerprint density at radius 2 is 1.84 bits per heavy atom. The average molecular weight is 618 g/mol. The minimum Gasteiger partial charge on any atom is -0.492 e. The van der Waals surface area contributed by atoms with Crippen LogP contribution in [0.25, 0.3) is 5.57 Å². The first-order valence-electron chi connectivity index (χ1n) is 15.2. The molecule has 1 aromatic heterocycles. The minimum absolute atomic E-state index is 0.00367. The summed E-state index contributed by atoms with van der Waals surface area (Å²) in [6.45, 7) is 0.615. The highest BCUT2D eigenvalue weighted by Gasteiger charge is 2.41. The molecule has 1 aliphatic heterocycles. The van der Waals surface area contributed by atoms with E-state index in [1.54, 1.807) is 4.57 Å². The van der Waals surface area contributed by atoms with Gasteiger partial charge in [0.1, 0.15) is 23.3 Å². The van der Waals surface area contributed by atoms with Crippen LogP contribution >= 0.6 is 23.5 Å². The third-order valence-electron chi connectivity index (χ3n) is 7.75. The normalized spacial score (nSPS) is 15.6. The van der Waals surface area contributed by atoms with Crippen LogP contribution in [0.1, 0.15) is 78.7 Å². The van der Waals surface area contributed by atoms with Crippen molar-refractivity contribution in [3.8, 4) is 5.75 Å². The number of carbonyl (C=O) groups is 1. The second kappa shape index (κ2) is 15.8. The van der Waals surface area contributed by atoms with Crippen LogP contribution in [0.5, 0.6) is 5.75 Å². The van der Waals surface area contributed by atoms with Crippen molar-refractivity contribution in [3.05, 3.63) is 105 Å². The summed E-state index contributed by atoms with van der Waals surface area (Å²) >= 11 is 7.70. The Morgan fingerprint density at radius 3 is 2.60 bits per heavy atom. The van der Waals surface area contributed by atoms with Crippen molar-refractivity contribution in [1.82, 2.24) is 4.98 Å². The van der Waals surface area contributed by atoms with Crippen LogP contribution in [0.4, 0.5) is 5.82 Å². The maximum atomic E-state index is 13.7. The Kier molecular flexibility index (Phi) is 11.4. The zero-order chi connectivity index (χ0) is 29.9. The molecule has 3 aromatic rings. The van der Waals surface area contributed by atoms with Crippen LogP contribution in [0.2, 0.25) is 5.02 Å². The first-order chi connectivity index (χ1) is 21.1. The van der Waals surface area contributed by atoms with Crippen molar-refractivity contribution in [2.75, 3.05) is 17.7 Å². The highest BCUT2D eigenvalue weighted by atomic mass is 35.5. The Labute approximate surface area is 262 Å². The number of allylic oxidation sites excluding steroid dienone is 4. The number of hydrogen-bond donors (Lipinski definition) is 1. The lowest BCUT2D eigenvalue weighted by Gasteiger charge is -2.10. The van der Waals surface area contributed by atoms with Gasteiger partial charge in [0, 0.05) is 35.1 Å². The van der Waals surface area contributed by atoms with Gasteiger partial charge in [0.2, 0.25) is 0 Å². The Morgan fingerprint density at radius 1 is 1.02 bits per heavy atom. The molecular formula is C34H38ClN4O3S+. The van der Waals surface area contributed by atoms with Crippen molar-refractivity contribution < 1.29 is 14.1 Å². The number of aromatic nitrogens is 2. The molecule has 43 heavy (non-hydrogen) atoms. The molecule has 1 aliphatic carbocycles. The standard InChI is InChI=1S/C34H37ClN4O3S/c35-28-21-26(17-18-32(28)42-19-11-3-1-2-4-12-20-43-38-41)23-30-34(40)39-24-31(27-15-9-6-10-16-27)36-29(33(39)37-30)22-25-13-7-5-8-14-25/h5,7-9,13-18,21,24,30H,1-4,6,10-12,19-20,22-23H2/p+1. The Balaban J connectivity index is 1.20. The van der Waals surface area contributed by atoms with Crippen LogP contribution in [0.3, 0.4) is 0 Å². The second-order valence-corrected chi connectivity index (χ2v) is 12.2. The van der Waals surface area contributed by atoms with E-state index >= 15 is 0 Å². The summed E-state index contributed by atoms with van der Waals surface area (Å²) in [7, 11) is 0. The number of unbranched alkanes of at least 4 members (excludes halogenated alkanes) is 5. The lowest BCUT2D eigenvalue weighted by Crippen LogP contribution is -2.44. The number of nitrogens with zero attached hydrogens (tertiary/aromatic N) is 3. The van der Waals surface area contributed by atoms with Gasteiger partial charge in [-0.25, -0.2) is 9.78 Å². The highest BCUT2D eigenvalue weighted by molar-refractivity contribution is 7.97. The van der Waals surface area contributed by atoms with Crippen molar-refractivity contribution in [1.29, 1.82) is 0 Å². The quantitative estimate of drug-likeness (QED) is 0.0755. The molecule has 0 saturated heterocycles. The van der Waals surface area contributed by atoms with E-state index in [0.29, 0.717) is 30.2 Å². The molecule has 9 heteroatoms. The molecule has 0 amide bonds. The van der Waals surface area contributed by atoms with Crippen molar-refractivity contribution in [3.63, 3.8) is 0 Å². The van der Waals surface area contributed by atoms with E-state index in [0.717, 1.165) is 103 Å². The fourth-order valence-corrected chi connectivity index (χ4v) is 6.15. The third kappa shape index (κ3) is 8.54. The smallest absolute Gasteiger partial charge is 0.359 e. The van der Waals surface area contributed by atoms with Crippen molar-refractivity contribution >= 4 is 40.8 Å². The van der Waals surface area contributed by atoms with E-state index in [4.69, 9.17) is 21.3 Å². The zero-order valence-corrected chi connectivity index (χ0v) is 25.9. The molecule has 2 aliphatic rings. The number of halogens is 1. The first kappa shape index (κ1) is 31.0. The fourth-order valence-electron chi connectivity index (χ4n) is 5.49. The molecule has 0 bridgehead atoms. The van der Waals surface area contributed by atoms with E-state index in [1.807, 2.05) is 42.6 Å². The summed E-state index contributed by atoms with van der Waals surface area (Å²) in [6.07, 6.45) is 18.0. The molecule has 0 spiro atoms. The number of anilines is 1. The molecule has 0 radical (unpaired) electrons. The van der Waals surface area contributed by atoms with Crippen LogP contribution in [-0.4, -0.2) is 29.3 Å². The molecule has 2 heterocycles. The van der Waals surface area contributed by atoms with Gasteiger partial charge in [-0.2, -0.15) is 4.57 Å². The summed E-state index contributed by atoms with van der Waals surface area (Å²) in [5.41, 5.74) is 4.84. The zero-order valence-electron chi connectivity index (χ0n) is 24.3. The number of hydrogen-bond acceptors (Lipinski definition) is 7. The molecule has 1 N–H and O–H groups in total. The highest BCUT2D eigenvalue weighted by Crippen LogP contribution is 2.29. The summed E-state index contributed by atoms with van der Waals surface area (Å²) in [6, 6.07) is 15.6. The molecule has 5 rings (SSSR count). The lowest BCUT2D eigenvalue weighted by atomic mass is 10.0. The molecule has 1 unspecified atom stereocenters. The molecule has 0 saturated carbocycles. The number of nitrogens with one attached hydrogen (secondary N) is 1. The molecule has 224 valence electrons. The summed E-state index contributed by atoms with van der Waals surface area (Å²) in [5, 5.41) is 4.03. The van der Waals surface area contributed by atoms with Crippen LogP contribution < -0.4 is 14.6 Å². The molecule has 0 fully saturated rings. The number of carbonyl (C=O) groups excluding carboxylic acids is 1. The number of ether oxygens (including phenoxy) is 1. The molecule has 2 aromatic carbocycles. The maximum absolute atomic E-state index is 13.7. The monoisotopic (exact) mass is 617 g/mol. The van der Waals surface area contributed by atoms with E-state index in [2.05, 4.69) is 40.3 Å². The van der Waals surface area contributed by atoms with Gasteiger partial charge in [-0.3, -0.25) is 5.32 Å². The van der Waals surface area contributed by atoms with Gasteiger partial charge >= 0.3 is 11.7 Å². The number of nitroso groups, excluding NO2 is 1. The van der Waals surface area contributed by atoms with Gasteiger partial charge in [0.15, 0.2) is 6.04 Å².